The Morgan fingerprint density at radius 1 is 1.08 bits per heavy atom. The monoisotopic (exact) mass is 339 g/mol. The summed E-state index contributed by atoms with van der Waals surface area (Å²) in [5, 5.41) is 11.7. The van der Waals surface area contributed by atoms with Gasteiger partial charge in [-0.1, -0.05) is 48.9 Å². The number of hydrogen-bond acceptors (Lipinski definition) is 3. The molecule has 0 aliphatic heterocycles. The van der Waals surface area contributed by atoms with Gasteiger partial charge in [0.1, 0.15) is 5.75 Å². The fourth-order valence-electron chi connectivity index (χ4n) is 3.18. The average Bonchev–Trinajstić information content (AvgIpc) is 2.58. The van der Waals surface area contributed by atoms with Gasteiger partial charge in [0.05, 0.1) is 5.41 Å². The van der Waals surface area contributed by atoms with E-state index in [4.69, 9.17) is 9.84 Å². The number of carbonyl (C=O) groups is 2. The molecule has 3 rings (SSSR count). The van der Waals surface area contributed by atoms with Crippen molar-refractivity contribution < 1.29 is 19.4 Å². The second-order valence-electron chi connectivity index (χ2n) is 6.31. The van der Waals surface area contributed by atoms with Crippen LogP contribution in [-0.4, -0.2) is 23.6 Å². The summed E-state index contributed by atoms with van der Waals surface area (Å²) in [5.74, 6) is -0.495. The van der Waals surface area contributed by atoms with Crippen LogP contribution >= 0.6 is 0 Å². The molecule has 1 aliphatic carbocycles. The second-order valence-corrected chi connectivity index (χ2v) is 6.31. The number of carboxylic acid groups (broad SMARTS) is 1. The van der Waals surface area contributed by atoms with Gasteiger partial charge in [-0.15, -0.1) is 0 Å². The lowest BCUT2D eigenvalue weighted by Crippen LogP contribution is -2.48. The van der Waals surface area contributed by atoms with Crippen LogP contribution in [0.5, 0.6) is 5.75 Å². The molecule has 1 aliphatic rings. The quantitative estimate of drug-likeness (QED) is 0.813. The van der Waals surface area contributed by atoms with E-state index in [-0.39, 0.29) is 12.5 Å². The van der Waals surface area contributed by atoms with Crippen LogP contribution in [0.1, 0.15) is 30.4 Å². The van der Waals surface area contributed by atoms with E-state index in [0.29, 0.717) is 12.3 Å². The topological polar surface area (TPSA) is 75.6 Å². The predicted octanol–water partition coefficient (Wildman–Crippen LogP) is 2.89. The zero-order chi connectivity index (χ0) is 17.7. The molecule has 0 radical (unpaired) electrons. The number of carbonyl (C=O) groups excluding carboxylic acids is 1. The zero-order valence-corrected chi connectivity index (χ0v) is 13.9. The molecule has 0 atom stereocenters. The summed E-state index contributed by atoms with van der Waals surface area (Å²) >= 11 is 0. The standard InChI is InChI=1S/C20H21NO4/c22-18(23)14-25-17-9-4-6-15(12-17)13-21-19(24)20(10-5-11-20)16-7-2-1-3-8-16/h1-4,6-9,12H,5,10-11,13-14H2,(H,21,24)(H,22,23). The van der Waals surface area contributed by atoms with E-state index in [9.17, 15) is 9.59 Å². The molecule has 1 saturated carbocycles. The van der Waals surface area contributed by atoms with Gasteiger partial charge in [-0.3, -0.25) is 4.79 Å². The Morgan fingerprint density at radius 3 is 2.48 bits per heavy atom. The van der Waals surface area contributed by atoms with Crippen molar-refractivity contribution in [3.05, 3.63) is 65.7 Å². The summed E-state index contributed by atoms with van der Waals surface area (Å²) in [7, 11) is 0. The molecule has 0 aromatic heterocycles. The first-order valence-electron chi connectivity index (χ1n) is 8.37. The zero-order valence-electron chi connectivity index (χ0n) is 13.9. The molecular weight excluding hydrogens is 318 g/mol. The van der Waals surface area contributed by atoms with Crippen LogP contribution in [0.15, 0.2) is 54.6 Å². The highest BCUT2D eigenvalue weighted by molar-refractivity contribution is 5.89. The van der Waals surface area contributed by atoms with E-state index in [1.54, 1.807) is 18.2 Å². The molecule has 5 nitrogen and oxygen atoms in total. The number of nitrogens with one attached hydrogen (secondary N) is 1. The van der Waals surface area contributed by atoms with Gasteiger partial charge in [0, 0.05) is 6.54 Å². The first-order chi connectivity index (χ1) is 12.1. The first kappa shape index (κ1) is 17.0. The molecule has 25 heavy (non-hydrogen) atoms. The van der Waals surface area contributed by atoms with Gasteiger partial charge in [-0.2, -0.15) is 0 Å². The Kier molecular flexibility index (Phi) is 5.03. The van der Waals surface area contributed by atoms with Crippen LogP contribution in [0, 0.1) is 0 Å². The Morgan fingerprint density at radius 2 is 1.84 bits per heavy atom. The average molecular weight is 339 g/mol. The fourth-order valence-corrected chi connectivity index (χ4v) is 3.18. The van der Waals surface area contributed by atoms with E-state index in [1.807, 2.05) is 36.4 Å². The highest BCUT2D eigenvalue weighted by Crippen LogP contribution is 2.43. The summed E-state index contributed by atoms with van der Waals surface area (Å²) in [5.41, 5.74) is 1.52. The number of rotatable bonds is 7. The molecule has 0 heterocycles. The number of carboxylic acids is 1. The highest BCUT2D eigenvalue weighted by atomic mass is 16.5. The second kappa shape index (κ2) is 7.38. The van der Waals surface area contributed by atoms with Crippen LogP contribution in [-0.2, 0) is 21.5 Å². The van der Waals surface area contributed by atoms with Gasteiger partial charge in [0.15, 0.2) is 6.61 Å². The Bertz CT molecular complexity index is 753. The van der Waals surface area contributed by atoms with E-state index in [2.05, 4.69) is 5.32 Å². The van der Waals surface area contributed by atoms with Crippen LogP contribution in [0.2, 0.25) is 0 Å². The molecule has 130 valence electrons. The minimum atomic E-state index is -1.02. The normalized spacial score (nSPS) is 15.0. The summed E-state index contributed by atoms with van der Waals surface area (Å²) in [6.07, 6.45) is 2.79. The SMILES string of the molecule is O=C(O)COc1cccc(CNC(=O)C2(c3ccccc3)CCC2)c1. The summed E-state index contributed by atoms with van der Waals surface area (Å²) in [6.45, 7) is 0.00458. The Balaban J connectivity index is 1.64. The third kappa shape index (κ3) is 3.82. The van der Waals surface area contributed by atoms with Crippen LogP contribution in [0.25, 0.3) is 0 Å². The highest BCUT2D eigenvalue weighted by Gasteiger charge is 2.45. The lowest BCUT2D eigenvalue weighted by molar-refractivity contribution is -0.139. The largest absolute Gasteiger partial charge is 0.482 e. The predicted molar refractivity (Wildman–Crippen MR) is 93.4 cm³/mol. The van der Waals surface area contributed by atoms with Gasteiger partial charge >= 0.3 is 5.97 Å². The third-order valence-corrected chi connectivity index (χ3v) is 4.68. The van der Waals surface area contributed by atoms with Gasteiger partial charge in [0.2, 0.25) is 5.91 Å². The number of aliphatic carboxylic acids is 1. The molecule has 2 aromatic carbocycles. The molecule has 1 amide bonds. The molecule has 1 fully saturated rings. The van der Waals surface area contributed by atoms with Crippen molar-refractivity contribution in [2.75, 3.05) is 6.61 Å². The lowest BCUT2D eigenvalue weighted by Gasteiger charge is -2.40. The van der Waals surface area contributed by atoms with E-state index >= 15 is 0 Å². The van der Waals surface area contributed by atoms with Crippen molar-refractivity contribution in [3.63, 3.8) is 0 Å². The lowest BCUT2D eigenvalue weighted by atomic mass is 9.64. The van der Waals surface area contributed by atoms with Crippen molar-refractivity contribution in [2.24, 2.45) is 0 Å². The fraction of sp³-hybridized carbons (Fsp3) is 0.300. The molecule has 0 unspecified atom stereocenters. The molecule has 0 spiro atoms. The van der Waals surface area contributed by atoms with E-state index < -0.39 is 11.4 Å². The van der Waals surface area contributed by atoms with Crippen LogP contribution in [0.4, 0.5) is 0 Å². The first-order valence-corrected chi connectivity index (χ1v) is 8.37. The molecule has 5 heteroatoms. The van der Waals surface area contributed by atoms with E-state index in [1.165, 1.54) is 0 Å². The maximum atomic E-state index is 12.8. The maximum Gasteiger partial charge on any atom is 0.341 e. The van der Waals surface area contributed by atoms with Gasteiger partial charge in [-0.25, -0.2) is 4.79 Å². The number of ether oxygens (including phenoxy) is 1. The number of hydrogen-bond donors (Lipinski definition) is 2. The summed E-state index contributed by atoms with van der Waals surface area (Å²) in [6, 6.07) is 17.0. The Labute approximate surface area is 146 Å². The molecule has 2 aromatic rings. The van der Waals surface area contributed by atoms with Gasteiger partial charge in [0.25, 0.3) is 0 Å². The molecule has 0 saturated heterocycles. The minimum Gasteiger partial charge on any atom is -0.482 e. The molecule has 0 bridgehead atoms. The van der Waals surface area contributed by atoms with E-state index in [0.717, 1.165) is 30.4 Å². The van der Waals surface area contributed by atoms with Gasteiger partial charge < -0.3 is 15.2 Å². The summed E-state index contributed by atoms with van der Waals surface area (Å²) < 4.78 is 5.17. The van der Waals surface area contributed by atoms with Crippen molar-refractivity contribution >= 4 is 11.9 Å². The van der Waals surface area contributed by atoms with Gasteiger partial charge in [-0.05, 0) is 36.1 Å². The summed E-state index contributed by atoms with van der Waals surface area (Å²) in [4.78, 5) is 23.4. The van der Waals surface area contributed by atoms with Crippen molar-refractivity contribution in [2.45, 2.75) is 31.2 Å². The molecular formula is C20H21NO4. The smallest absolute Gasteiger partial charge is 0.341 e. The molecule has 2 N–H and O–H groups in total. The van der Waals surface area contributed by atoms with Crippen molar-refractivity contribution in [3.8, 4) is 5.75 Å². The number of amides is 1. The third-order valence-electron chi connectivity index (χ3n) is 4.68. The Hall–Kier alpha value is -2.82. The van der Waals surface area contributed by atoms with Crippen LogP contribution in [0.3, 0.4) is 0 Å². The maximum absolute atomic E-state index is 12.8. The van der Waals surface area contributed by atoms with Crippen LogP contribution < -0.4 is 10.1 Å². The van der Waals surface area contributed by atoms with Crippen molar-refractivity contribution in [1.82, 2.24) is 5.32 Å². The minimum absolute atomic E-state index is 0.0433. The number of benzene rings is 2. The van der Waals surface area contributed by atoms with Crippen molar-refractivity contribution in [1.29, 1.82) is 0 Å².